The quantitative estimate of drug-likeness (QED) is 0.691. The summed E-state index contributed by atoms with van der Waals surface area (Å²) in [6.07, 6.45) is 0. The summed E-state index contributed by atoms with van der Waals surface area (Å²) >= 11 is 0. The Morgan fingerprint density at radius 2 is 1.45 bits per heavy atom. The number of hydrogen-bond donors (Lipinski definition) is 2. The van der Waals surface area contributed by atoms with Crippen LogP contribution in [0.1, 0.15) is 5.56 Å². The van der Waals surface area contributed by atoms with Gasteiger partial charge in [-0.2, -0.15) is 0 Å². The molecular formula is C19H16FNO. The maximum Gasteiger partial charge on any atom is 0.123 e. The number of benzene rings is 3. The summed E-state index contributed by atoms with van der Waals surface area (Å²) in [6, 6.07) is 19.5. The van der Waals surface area contributed by atoms with Gasteiger partial charge in [0.25, 0.3) is 0 Å². The molecule has 110 valence electrons. The van der Waals surface area contributed by atoms with Gasteiger partial charge in [-0.05, 0) is 66.1 Å². The van der Waals surface area contributed by atoms with E-state index in [0.717, 1.165) is 28.1 Å². The van der Waals surface area contributed by atoms with Crippen LogP contribution >= 0.6 is 0 Å². The first kappa shape index (κ1) is 14.1. The van der Waals surface area contributed by atoms with Crippen molar-refractivity contribution in [2.24, 2.45) is 0 Å². The van der Waals surface area contributed by atoms with Gasteiger partial charge in [-0.1, -0.05) is 24.3 Å². The summed E-state index contributed by atoms with van der Waals surface area (Å²) in [5.41, 5.74) is 4.99. The number of halogens is 1. The van der Waals surface area contributed by atoms with E-state index in [1.165, 1.54) is 12.1 Å². The topological polar surface area (TPSA) is 32.3 Å². The van der Waals surface area contributed by atoms with E-state index in [1.807, 2.05) is 37.3 Å². The highest BCUT2D eigenvalue weighted by Crippen LogP contribution is 2.28. The number of hydrogen-bond acceptors (Lipinski definition) is 2. The second-order valence-corrected chi connectivity index (χ2v) is 5.21. The van der Waals surface area contributed by atoms with E-state index in [2.05, 4.69) is 5.32 Å². The fourth-order valence-electron chi connectivity index (χ4n) is 2.28. The molecule has 0 saturated carbocycles. The van der Waals surface area contributed by atoms with E-state index in [4.69, 9.17) is 0 Å². The number of aromatic hydroxyl groups is 1. The Hall–Kier alpha value is -2.81. The molecule has 0 saturated heterocycles. The van der Waals surface area contributed by atoms with Gasteiger partial charge in [-0.15, -0.1) is 0 Å². The van der Waals surface area contributed by atoms with Crippen molar-refractivity contribution < 1.29 is 9.50 Å². The summed E-state index contributed by atoms with van der Waals surface area (Å²) in [4.78, 5) is 0. The van der Waals surface area contributed by atoms with Crippen LogP contribution in [-0.2, 0) is 0 Å². The van der Waals surface area contributed by atoms with E-state index < -0.39 is 0 Å². The van der Waals surface area contributed by atoms with E-state index >= 15 is 0 Å². The fraction of sp³-hybridized carbons (Fsp3) is 0.0526. The summed E-state index contributed by atoms with van der Waals surface area (Å²) in [6.45, 7) is 2.02. The van der Waals surface area contributed by atoms with Crippen molar-refractivity contribution in [3.05, 3.63) is 78.1 Å². The molecule has 3 aromatic rings. The highest BCUT2D eigenvalue weighted by molar-refractivity contribution is 5.73. The zero-order valence-electron chi connectivity index (χ0n) is 12.2. The van der Waals surface area contributed by atoms with Gasteiger partial charge in [0.2, 0.25) is 0 Å². The Labute approximate surface area is 128 Å². The summed E-state index contributed by atoms with van der Waals surface area (Å²) < 4.78 is 13.0. The molecule has 0 unspecified atom stereocenters. The number of anilines is 2. The molecule has 0 aliphatic rings. The molecule has 0 amide bonds. The summed E-state index contributed by atoms with van der Waals surface area (Å²) in [5, 5.41) is 12.7. The lowest BCUT2D eigenvalue weighted by molar-refractivity contribution is 0.475. The molecule has 22 heavy (non-hydrogen) atoms. The molecule has 0 spiro atoms. The van der Waals surface area contributed by atoms with Crippen molar-refractivity contribution in [1.29, 1.82) is 0 Å². The highest BCUT2D eigenvalue weighted by Gasteiger charge is 2.04. The lowest BCUT2D eigenvalue weighted by atomic mass is 10.0. The van der Waals surface area contributed by atoms with Crippen LogP contribution in [0.4, 0.5) is 15.8 Å². The highest BCUT2D eigenvalue weighted by atomic mass is 19.1. The molecule has 0 aliphatic heterocycles. The molecular weight excluding hydrogens is 277 g/mol. The van der Waals surface area contributed by atoms with E-state index in [1.54, 1.807) is 24.3 Å². The van der Waals surface area contributed by atoms with Crippen molar-refractivity contribution in [3.63, 3.8) is 0 Å². The predicted octanol–water partition coefficient (Wildman–Crippen LogP) is 5.25. The number of phenolic OH excluding ortho intramolecular Hbond substituents is 1. The number of nitrogens with one attached hydrogen (secondary N) is 1. The average molecular weight is 293 g/mol. The van der Waals surface area contributed by atoms with Crippen LogP contribution in [0.3, 0.4) is 0 Å². The van der Waals surface area contributed by atoms with Crippen molar-refractivity contribution >= 4 is 11.4 Å². The molecule has 3 rings (SSSR count). The van der Waals surface area contributed by atoms with Crippen molar-refractivity contribution in [1.82, 2.24) is 0 Å². The third-order valence-electron chi connectivity index (χ3n) is 3.56. The second-order valence-electron chi connectivity index (χ2n) is 5.21. The van der Waals surface area contributed by atoms with Crippen molar-refractivity contribution in [2.75, 3.05) is 5.32 Å². The fourth-order valence-corrected chi connectivity index (χ4v) is 2.28. The Bertz CT molecular complexity index is 780. The Balaban J connectivity index is 1.92. The van der Waals surface area contributed by atoms with E-state index in [-0.39, 0.29) is 11.6 Å². The lowest BCUT2D eigenvalue weighted by Gasteiger charge is -2.12. The summed E-state index contributed by atoms with van der Waals surface area (Å²) in [7, 11) is 0. The minimum absolute atomic E-state index is 0.250. The van der Waals surface area contributed by atoms with Gasteiger partial charge in [0.15, 0.2) is 0 Å². The molecule has 0 aliphatic carbocycles. The Kier molecular flexibility index (Phi) is 3.79. The Morgan fingerprint density at radius 1 is 0.818 bits per heavy atom. The molecule has 2 N–H and O–H groups in total. The molecule has 0 atom stereocenters. The Morgan fingerprint density at radius 3 is 2.14 bits per heavy atom. The number of rotatable bonds is 3. The first-order valence-electron chi connectivity index (χ1n) is 7.04. The number of phenols is 1. The normalized spacial score (nSPS) is 10.5. The van der Waals surface area contributed by atoms with Crippen molar-refractivity contribution in [2.45, 2.75) is 6.92 Å². The molecule has 0 aromatic heterocycles. The molecule has 0 bridgehead atoms. The van der Waals surface area contributed by atoms with Crippen LogP contribution in [0.2, 0.25) is 0 Å². The van der Waals surface area contributed by atoms with Gasteiger partial charge in [0, 0.05) is 11.4 Å². The first-order chi connectivity index (χ1) is 10.6. The minimum Gasteiger partial charge on any atom is -0.508 e. The molecule has 2 nitrogen and oxygen atoms in total. The van der Waals surface area contributed by atoms with Gasteiger partial charge in [-0.25, -0.2) is 4.39 Å². The largest absolute Gasteiger partial charge is 0.508 e. The van der Waals surface area contributed by atoms with E-state index in [9.17, 15) is 9.50 Å². The molecule has 0 fully saturated rings. The summed E-state index contributed by atoms with van der Waals surface area (Å²) in [5.74, 6) is 0.000591. The SMILES string of the molecule is Cc1ccc(-c2ccc(O)cc2)cc1Nc1ccc(F)cc1. The van der Waals surface area contributed by atoms with Gasteiger partial charge >= 0.3 is 0 Å². The maximum atomic E-state index is 13.0. The molecule has 0 heterocycles. The van der Waals surface area contributed by atoms with Gasteiger partial charge in [0.1, 0.15) is 11.6 Å². The van der Waals surface area contributed by atoms with Crippen LogP contribution in [0.5, 0.6) is 5.75 Å². The van der Waals surface area contributed by atoms with Gasteiger partial charge in [-0.3, -0.25) is 0 Å². The molecule has 0 radical (unpaired) electrons. The monoisotopic (exact) mass is 293 g/mol. The van der Waals surface area contributed by atoms with Gasteiger partial charge < -0.3 is 10.4 Å². The predicted molar refractivity (Wildman–Crippen MR) is 88.0 cm³/mol. The zero-order chi connectivity index (χ0) is 15.5. The zero-order valence-corrected chi connectivity index (χ0v) is 12.2. The second kappa shape index (κ2) is 5.90. The van der Waals surface area contributed by atoms with Crippen molar-refractivity contribution in [3.8, 4) is 16.9 Å². The molecule has 3 aromatic carbocycles. The lowest BCUT2D eigenvalue weighted by Crippen LogP contribution is -1.94. The third-order valence-corrected chi connectivity index (χ3v) is 3.56. The molecule has 3 heteroatoms. The van der Waals surface area contributed by atoms with Crippen LogP contribution in [0.15, 0.2) is 66.7 Å². The van der Waals surface area contributed by atoms with Crippen LogP contribution in [0.25, 0.3) is 11.1 Å². The average Bonchev–Trinajstić information content (AvgIpc) is 2.52. The van der Waals surface area contributed by atoms with E-state index in [0.29, 0.717) is 0 Å². The third kappa shape index (κ3) is 3.09. The van der Waals surface area contributed by atoms with Crippen LogP contribution in [-0.4, -0.2) is 5.11 Å². The number of aryl methyl sites for hydroxylation is 1. The van der Waals surface area contributed by atoms with Gasteiger partial charge in [0.05, 0.1) is 0 Å². The smallest absolute Gasteiger partial charge is 0.123 e. The first-order valence-corrected chi connectivity index (χ1v) is 7.04. The van der Waals surface area contributed by atoms with Crippen LogP contribution in [0, 0.1) is 12.7 Å². The van der Waals surface area contributed by atoms with Crippen LogP contribution < -0.4 is 5.32 Å². The maximum absolute atomic E-state index is 13.0. The minimum atomic E-state index is -0.250. The standard InChI is InChI=1S/C19H16FNO/c1-13-2-3-15(14-4-10-18(22)11-5-14)12-19(13)21-17-8-6-16(20)7-9-17/h2-12,21-22H,1H3.